The Morgan fingerprint density at radius 2 is 1.86 bits per heavy atom. The van der Waals surface area contributed by atoms with Crippen LogP contribution in [-0.2, 0) is 25.7 Å². The van der Waals surface area contributed by atoms with Crippen LogP contribution >= 0.6 is 23.2 Å². The molecule has 1 heterocycles. The monoisotopic (exact) mass is 538 g/mol. The number of halogens is 2. The number of hydrogen-bond acceptors (Lipinski definition) is 7. The molecule has 3 unspecified atom stereocenters. The predicted octanol–water partition coefficient (Wildman–Crippen LogP) is 3.95. The number of nitrogens with zero attached hydrogens (tertiary/aromatic N) is 3. The fourth-order valence-electron chi connectivity index (χ4n) is 3.64. The molecule has 12 heteroatoms. The van der Waals surface area contributed by atoms with Gasteiger partial charge in [-0.1, -0.05) is 37.4 Å². The van der Waals surface area contributed by atoms with Gasteiger partial charge < -0.3 is 15.0 Å². The van der Waals surface area contributed by atoms with Gasteiger partial charge in [0, 0.05) is 30.9 Å². The molecule has 3 atom stereocenters. The first kappa shape index (κ1) is 29.1. The van der Waals surface area contributed by atoms with Crippen molar-refractivity contribution in [2.75, 3.05) is 5.88 Å². The van der Waals surface area contributed by atoms with Crippen LogP contribution in [0, 0.1) is 21.4 Å². The average molecular weight is 539 g/mol. The average Bonchev–Trinajstić information content (AvgIpc) is 2.87. The first-order valence-electron chi connectivity index (χ1n) is 11.5. The second-order valence-corrected chi connectivity index (χ2v) is 9.03. The Morgan fingerprint density at radius 1 is 1.22 bits per heavy atom. The lowest BCUT2D eigenvalue weighted by molar-refractivity contribution is -0.384. The molecule has 1 aromatic carbocycles. The molecule has 0 aliphatic carbocycles. The highest BCUT2D eigenvalue weighted by molar-refractivity contribution is 6.27. The van der Waals surface area contributed by atoms with Gasteiger partial charge in [-0.2, -0.15) is 5.26 Å². The SMILES string of the molecule is C=C(CCl)C(C(=O)OCc1ccc([N+](=O)[O-])cc1)N1C(=O)C(NC(=O)CCCCCCCC#N)C1Cl. The Labute approximate surface area is 219 Å². The third-order valence-corrected chi connectivity index (χ3v) is 6.46. The van der Waals surface area contributed by atoms with Gasteiger partial charge >= 0.3 is 5.97 Å². The van der Waals surface area contributed by atoms with E-state index < -0.39 is 34.4 Å². The molecule has 1 aliphatic heterocycles. The van der Waals surface area contributed by atoms with Crippen LogP contribution in [-0.4, -0.2) is 51.1 Å². The van der Waals surface area contributed by atoms with Crippen LogP contribution in [0.4, 0.5) is 5.69 Å². The lowest BCUT2D eigenvalue weighted by Crippen LogP contribution is -2.72. The molecule has 2 rings (SSSR count). The maximum atomic E-state index is 12.8. The molecule has 0 spiro atoms. The number of nitriles is 1. The van der Waals surface area contributed by atoms with Gasteiger partial charge in [-0.3, -0.25) is 19.7 Å². The number of amides is 2. The number of non-ortho nitro benzene ring substituents is 1. The molecule has 194 valence electrons. The molecule has 2 amide bonds. The van der Waals surface area contributed by atoms with Crippen LogP contribution < -0.4 is 5.32 Å². The number of nitrogens with one attached hydrogen (secondary N) is 1. The summed E-state index contributed by atoms with van der Waals surface area (Å²) >= 11 is 12.2. The number of unbranched alkanes of at least 4 members (excludes halogenated alkanes) is 5. The summed E-state index contributed by atoms with van der Waals surface area (Å²) in [6.07, 6.45) is 4.95. The molecule has 36 heavy (non-hydrogen) atoms. The van der Waals surface area contributed by atoms with Gasteiger partial charge in [0.15, 0.2) is 6.04 Å². The smallest absolute Gasteiger partial charge is 0.333 e. The summed E-state index contributed by atoms with van der Waals surface area (Å²) in [5.74, 6) is -1.80. The first-order valence-corrected chi connectivity index (χ1v) is 12.4. The van der Waals surface area contributed by atoms with Crippen LogP contribution in [0.3, 0.4) is 0 Å². The van der Waals surface area contributed by atoms with Crippen molar-refractivity contribution in [1.82, 2.24) is 10.2 Å². The number of alkyl halides is 2. The Morgan fingerprint density at radius 3 is 2.44 bits per heavy atom. The molecular weight excluding hydrogens is 511 g/mol. The van der Waals surface area contributed by atoms with Crippen LogP contribution in [0.25, 0.3) is 0 Å². The number of carbonyl (C=O) groups excluding carboxylic acids is 3. The number of esters is 1. The Bertz CT molecular complexity index is 1010. The van der Waals surface area contributed by atoms with Crippen LogP contribution in [0.15, 0.2) is 36.4 Å². The van der Waals surface area contributed by atoms with Gasteiger partial charge in [0.05, 0.1) is 11.0 Å². The topological polar surface area (TPSA) is 143 Å². The minimum Gasteiger partial charge on any atom is -0.459 e. The summed E-state index contributed by atoms with van der Waals surface area (Å²) in [5, 5.41) is 21.9. The minimum atomic E-state index is -1.24. The van der Waals surface area contributed by atoms with Crippen molar-refractivity contribution in [3.05, 3.63) is 52.1 Å². The standard InChI is InChI=1S/C24H28Cl2N4O6/c1-16(14-25)21(24(33)36-15-17-9-11-18(12-10-17)30(34)35)29-22(26)20(23(29)32)28-19(31)8-6-4-2-3-5-7-13-27/h9-12,20-22H,1-8,14-15H2,(H,28,31). The van der Waals surface area contributed by atoms with E-state index in [2.05, 4.69) is 18.0 Å². The summed E-state index contributed by atoms with van der Waals surface area (Å²) in [7, 11) is 0. The maximum absolute atomic E-state index is 12.8. The molecule has 1 N–H and O–H groups in total. The number of nitro benzene ring substituents is 1. The van der Waals surface area contributed by atoms with Gasteiger partial charge in [-0.05, 0) is 36.1 Å². The van der Waals surface area contributed by atoms with Crippen LogP contribution in [0.2, 0.25) is 0 Å². The van der Waals surface area contributed by atoms with E-state index >= 15 is 0 Å². The number of benzene rings is 1. The zero-order valence-corrected chi connectivity index (χ0v) is 21.2. The van der Waals surface area contributed by atoms with E-state index in [1.807, 2.05) is 0 Å². The van der Waals surface area contributed by atoms with Crippen LogP contribution in [0.1, 0.15) is 50.5 Å². The molecule has 1 aromatic rings. The third kappa shape index (κ3) is 7.93. The van der Waals surface area contributed by atoms with Gasteiger partial charge in [-0.15, -0.1) is 11.6 Å². The highest BCUT2D eigenvalue weighted by Crippen LogP contribution is 2.30. The Balaban J connectivity index is 1.88. The van der Waals surface area contributed by atoms with E-state index in [0.29, 0.717) is 18.4 Å². The van der Waals surface area contributed by atoms with E-state index in [1.165, 1.54) is 24.3 Å². The van der Waals surface area contributed by atoms with Crippen LogP contribution in [0.5, 0.6) is 0 Å². The predicted molar refractivity (Wildman–Crippen MR) is 133 cm³/mol. The number of hydrogen-bond donors (Lipinski definition) is 1. The number of ether oxygens (including phenoxy) is 1. The summed E-state index contributed by atoms with van der Waals surface area (Å²) in [4.78, 5) is 49.1. The molecule has 0 bridgehead atoms. The molecule has 0 radical (unpaired) electrons. The quantitative estimate of drug-likeness (QED) is 0.0520. The van der Waals surface area contributed by atoms with E-state index in [9.17, 15) is 24.5 Å². The van der Waals surface area contributed by atoms with Crippen molar-refractivity contribution in [3.63, 3.8) is 0 Å². The second kappa shape index (κ2) is 14.4. The van der Waals surface area contributed by atoms with Gasteiger partial charge in [-0.25, -0.2) is 4.79 Å². The molecule has 1 saturated heterocycles. The largest absolute Gasteiger partial charge is 0.459 e. The van der Waals surface area contributed by atoms with Gasteiger partial charge in [0.25, 0.3) is 11.6 Å². The molecular formula is C24H28Cl2N4O6. The lowest BCUT2D eigenvalue weighted by atomic mass is 9.99. The number of carbonyl (C=O) groups is 3. The number of likely N-dealkylation sites (tertiary alicyclic amines) is 1. The third-order valence-electron chi connectivity index (χ3n) is 5.66. The van der Waals surface area contributed by atoms with Crippen molar-refractivity contribution in [2.45, 2.75) is 69.1 Å². The zero-order chi connectivity index (χ0) is 26.7. The normalized spacial score (nSPS) is 17.5. The fraction of sp³-hybridized carbons (Fsp3) is 0.500. The highest BCUT2D eigenvalue weighted by atomic mass is 35.5. The maximum Gasteiger partial charge on any atom is 0.333 e. The number of β-lactam (4-membered cyclic amide) rings is 1. The van der Waals surface area contributed by atoms with E-state index in [0.717, 1.165) is 30.6 Å². The number of nitro groups is 1. The van der Waals surface area contributed by atoms with E-state index in [4.69, 9.17) is 33.2 Å². The summed E-state index contributed by atoms with van der Waals surface area (Å²) in [6, 6.07) is 5.35. The zero-order valence-electron chi connectivity index (χ0n) is 19.7. The summed E-state index contributed by atoms with van der Waals surface area (Å²) in [6.45, 7) is 3.56. The van der Waals surface area contributed by atoms with Crippen molar-refractivity contribution in [1.29, 1.82) is 5.26 Å². The molecule has 0 saturated carbocycles. The van der Waals surface area contributed by atoms with Crippen molar-refractivity contribution >= 4 is 46.7 Å². The lowest BCUT2D eigenvalue weighted by Gasteiger charge is -2.47. The second-order valence-electron chi connectivity index (χ2n) is 8.31. The van der Waals surface area contributed by atoms with E-state index in [-0.39, 0.29) is 36.1 Å². The molecule has 1 fully saturated rings. The molecule has 0 aromatic heterocycles. The van der Waals surface area contributed by atoms with E-state index in [1.54, 1.807) is 0 Å². The van der Waals surface area contributed by atoms with Crippen molar-refractivity contribution < 1.29 is 24.0 Å². The summed E-state index contributed by atoms with van der Waals surface area (Å²) < 4.78 is 5.30. The molecule has 1 aliphatic rings. The minimum absolute atomic E-state index is 0.0988. The first-order chi connectivity index (χ1) is 17.2. The molecule has 10 nitrogen and oxygen atoms in total. The Kier molecular flexibility index (Phi) is 11.6. The van der Waals surface area contributed by atoms with Gasteiger partial charge in [0.1, 0.15) is 18.1 Å². The fourth-order valence-corrected chi connectivity index (χ4v) is 4.17. The highest BCUT2D eigenvalue weighted by Gasteiger charge is 2.53. The Hall–Kier alpha value is -3.16. The van der Waals surface area contributed by atoms with Crippen molar-refractivity contribution in [3.8, 4) is 6.07 Å². The summed E-state index contributed by atoms with van der Waals surface area (Å²) in [5.41, 5.74) is -0.384. The number of rotatable bonds is 15. The van der Waals surface area contributed by atoms with Crippen molar-refractivity contribution in [2.24, 2.45) is 0 Å². The van der Waals surface area contributed by atoms with Gasteiger partial charge in [0.2, 0.25) is 5.91 Å².